The van der Waals surface area contributed by atoms with Gasteiger partial charge in [0.25, 0.3) is 0 Å². The van der Waals surface area contributed by atoms with Crippen LogP contribution < -0.4 is 5.32 Å². The normalized spacial score (nSPS) is 13.2. The summed E-state index contributed by atoms with van der Waals surface area (Å²) in [5, 5.41) is 2.64. The van der Waals surface area contributed by atoms with Crippen molar-refractivity contribution in [3.63, 3.8) is 0 Å². The van der Waals surface area contributed by atoms with E-state index >= 15 is 0 Å². The molecule has 0 fully saturated rings. The van der Waals surface area contributed by atoms with E-state index < -0.39 is 10.8 Å². The van der Waals surface area contributed by atoms with E-state index in [0.717, 1.165) is 0 Å². The van der Waals surface area contributed by atoms with Crippen LogP contribution in [0.1, 0.15) is 15.3 Å². The molecule has 0 aliphatic carbocycles. The van der Waals surface area contributed by atoms with Crippen LogP contribution in [0.4, 0.5) is 0 Å². The molecule has 0 radical (unpaired) electrons. The summed E-state index contributed by atoms with van der Waals surface area (Å²) in [4.78, 5) is 10.8. The molecule has 3 nitrogen and oxygen atoms in total. The van der Waals surface area contributed by atoms with Gasteiger partial charge in [0.1, 0.15) is 5.75 Å². The molecule has 0 spiro atoms. The molecule has 4 heteroatoms. The van der Waals surface area contributed by atoms with E-state index in [4.69, 9.17) is 0 Å². The zero-order valence-corrected chi connectivity index (χ0v) is 7.33. The van der Waals surface area contributed by atoms with Gasteiger partial charge in [-0.2, -0.15) is 0 Å². The zero-order chi connectivity index (χ0) is 8.15. The third-order valence-corrected chi connectivity index (χ3v) is 1.45. The molecular formula is C6H15NO2S. The maximum Gasteiger partial charge on any atom is 0.232 e. The number of hydrogen-bond acceptors (Lipinski definition) is 2. The standard InChI is InChI=1S/C6H13NO2S.H2/c1-5(2)7-6(8)4-10(3)9;/h5H,4H2,1-3H3,(H,7,8);1H. The van der Waals surface area contributed by atoms with Gasteiger partial charge in [-0.05, 0) is 13.8 Å². The molecule has 0 saturated carbocycles. The number of rotatable bonds is 3. The molecule has 0 heterocycles. The lowest BCUT2D eigenvalue weighted by molar-refractivity contribution is -0.119. The summed E-state index contributed by atoms with van der Waals surface area (Å²) in [6, 6.07) is 0.135. The summed E-state index contributed by atoms with van der Waals surface area (Å²) in [7, 11) is -1.02. The minimum Gasteiger partial charge on any atom is -0.353 e. The fraction of sp³-hybridized carbons (Fsp3) is 0.833. The third-order valence-electron chi connectivity index (χ3n) is 0.784. The molecule has 1 atom stereocenters. The van der Waals surface area contributed by atoms with Gasteiger partial charge in [-0.1, -0.05) is 0 Å². The summed E-state index contributed by atoms with van der Waals surface area (Å²) < 4.78 is 10.5. The minimum atomic E-state index is -1.02. The number of hydrogen-bond donors (Lipinski definition) is 1. The lowest BCUT2D eigenvalue weighted by Gasteiger charge is -2.05. The zero-order valence-electron chi connectivity index (χ0n) is 6.51. The Hall–Kier alpha value is -0.380. The fourth-order valence-electron chi connectivity index (χ4n) is 0.548. The van der Waals surface area contributed by atoms with Gasteiger partial charge in [-0.15, -0.1) is 0 Å². The van der Waals surface area contributed by atoms with Crippen LogP contribution in [0.2, 0.25) is 0 Å². The highest BCUT2D eigenvalue weighted by molar-refractivity contribution is 7.85. The number of carbonyl (C=O) groups is 1. The van der Waals surface area contributed by atoms with Crippen LogP contribution in [-0.2, 0) is 15.6 Å². The molecule has 0 aromatic heterocycles. The molecular weight excluding hydrogens is 150 g/mol. The number of amides is 1. The Morgan fingerprint density at radius 2 is 2.20 bits per heavy atom. The van der Waals surface area contributed by atoms with E-state index in [9.17, 15) is 9.00 Å². The monoisotopic (exact) mass is 165 g/mol. The average Bonchev–Trinajstić information content (AvgIpc) is 1.58. The second-order valence-electron chi connectivity index (χ2n) is 2.44. The summed E-state index contributed by atoms with van der Waals surface area (Å²) in [6.45, 7) is 3.74. The smallest absolute Gasteiger partial charge is 0.232 e. The molecule has 0 aromatic rings. The molecule has 1 N–H and O–H groups in total. The van der Waals surface area contributed by atoms with E-state index in [1.54, 1.807) is 0 Å². The topological polar surface area (TPSA) is 46.2 Å². The molecule has 0 aliphatic rings. The third kappa shape index (κ3) is 5.75. The minimum absolute atomic E-state index is 0. The quantitative estimate of drug-likeness (QED) is 0.646. The molecule has 0 aromatic carbocycles. The van der Waals surface area contributed by atoms with Crippen LogP contribution in [0.25, 0.3) is 0 Å². The second-order valence-corrected chi connectivity index (χ2v) is 3.87. The van der Waals surface area contributed by atoms with E-state index in [1.807, 2.05) is 13.8 Å². The highest BCUT2D eigenvalue weighted by Gasteiger charge is 2.03. The van der Waals surface area contributed by atoms with Gasteiger partial charge in [0.15, 0.2) is 0 Å². The van der Waals surface area contributed by atoms with Crippen LogP contribution >= 0.6 is 0 Å². The van der Waals surface area contributed by atoms with Crippen LogP contribution in [0.15, 0.2) is 0 Å². The Balaban J connectivity index is 0. The van der Waals surface area contributed by atoms with Gasteiger partial charge < -0.3 is 5.32 Å². The Morgan fingerprint density at radius 3 is 2.50 bits per heavy atom. The Kier molecular flexibility index (Phi) is 4.27. The number of nitrogens with one attached hydrogen (secondary N) is 1. The predicted octanol–water partition coefficient (Wildman–Crippen LogP) is 0.135. The first-order valence-corrected chi connectivity index (χ1v) is 4.84. The summed E-state index contributed by atoms with van der Waals surface area (Å²) in [6.07, 6.45) is 1.51. The number of carbonyl (C=O) groups excluding carboxylic acids is 1. The van der Waals surface area contributed by atoms with Crippen LogP contribution in [0.5, 0.6) is 0 Å². The Bertz CT molecular complexity index is 150. The van der Waals surface area contributed by atoms with Crippen LogP contribution in [-0.4, -0.2) is 28.2 Å². The van der Waals surface area contributed by atoms with Crippen molar-refractivity contribution in [2.75, 3.05) is 12.0 Å². The molecule has 1 amide bonds. The van der Waals surface area contributed by atoms with Crippen molar-refractivity contribution in [3.8, 4) is 0 Å². The highest BCUT2D eigenvalue weighted by atomic mass is 32.2. The fourth-order valence-corrected chi connectivity index (χ4v) is 1.00. The van der Waals surface area contributed by atoms with Crippen LogP contribution in [0, 0.1) is 0 Å². The van der Waals surface area contributed by atoms with Gasteiger partial charge in [-0.3, -0.25) is 9.00 Å². The largest absolute Gasteiger partial charge is 0.353 e. The summed E-state index contributed by atoms with van der Waals surface area (Å²) >= 11 is 0. The second kappa shape index (κ2) is 4.44. The van der Waals surface area contributed by atoms with Crippen molar-refractivity contribution in [3.05, 3.63) is 0 Å². The molecule has 62 valence electrons. The molecule has 0 rings (SSSR count). The first kappa shape index (κ1) is 9.62. The average molecular weight is 165 g/mol. The molecule has 1 unspecified atom stereocenters. The molecule has 0 aliphatic heterocycles. The maximum absolute atomic E-state index is 10.8. The molecule has 10 heavy (non-hydrogen) atoms. The lowest BCUT2D eigenvalue weighted by Crippen LogP contribution is -2.33. The van der Waals surface area contributed by atoms with E-state index in [2.05, 4.69) is 5.32 Å². The maximum atomic E-state index is 10.8. The van der Waals surface area contributed by atoms with Crippen molar-refractivity contribution < 1.29 is 10.4 Å². The Labute approximate surface area is 65.1 Å². The molecule has 0 bridgehead atoms. The first-order valence-electron chi connectivity index (χ1n) is 3.11. The van der Waals surface area contributed by atoms with Crippen molar-refractivity contribution in [2.45, 2.75) is 19.9 Å². The molecule has 0 saturated heterocycles. The predicted molar refractivity (Wildman–Crippen MR) is 44.3 cm³/mol. The van der Waals surface area contributed by atoms with Gasteiger partial charge in [0.2, 0.25) is 5.91 Å². The van der Waals surface area contributed by atoms with Crippen molar-refractivity contribution in [1.29, 1.82) is 0 Å². The SMILES string of the molecule is CC(C)NC(=O)CS(C)=O.[HH]. The highest BCUT2D eigenvalue weighted by Crippen LogP contribution is 1.79. The van der Waals surface area contributed by atoms with E-state index in [1.165, 1.54) is 6.26 Å². The Morgan fingerprint density at radius 1 is 1.70 bits per heavy atom. The summed E-state index contributed by atoms with van der Waals surface area (Å²) in [5.74, 6) is -0.0334. The van der Waals surface area contributed by atoms with Crippen molar-refractivity contribution in [1.82, 2.24) is 5.32 Å². The van der Waals surface area contributed by atoms with E-state index in [-0.39, 0.29) is 19.1 Å². The van der Waals surface area contributed by atoms with E-state index in [0.29, 0.717) is 0 Å². The van der Waals surface area contributed by atoms with Gasteiger partial charge in [-0.25, -0.2) is 0 Å². The first-order chi connectivity index (χ1) is 4.52. The van der Waals surface area contributed by atoms with Gasteiger partial charge in [0.05, 0.1) is 0 Å². The van der Waals surface area contributed by atoms with Crippen molar-refractivity contribution >= 4 is 16.7 Å². The van der Waals surface area contributed by atoms with Crippen molar-refractivity contribution in [2.24, 2.45) is 0 Å². The lowest BCUT2D eigenvalue weighted by atomic mass is 10.4. The van der Waals surface area contributed by atoms with Gasteiger partial charge >= 0.3 is 0 Å². The van der Waals surface area contributed by atoms with Gasteiger partial charge in [0, 0.05) is 24.5 Å². The summed E-state index contributed by atoms with van der Waals surface area (Å²) in [5.41, 5.74) is 0. The van der Waals surface area contributed by atoms with Crippen LogP contribution in [0.3, 0.4) is 0 Å².